The molecule has 0 bridgehead atoms. The molecule has 37 heavy (non-hydrogen) atoms. The summed E-state index contributed by atoms with van der Waals surface area (Å²) in [5, 5.41) is 23.7. The van der Waals surface area contributed by atoms with Crippen LogP contribution >= 0.6 is 11.3 Å². The van der Waals surface area contributed by atoms with E-state index in [1.165, 1.54) is 11.3 Å². The van der Waals surface area contributed by atoms with Gasteiger partial charge in [0.15, 0.2) is 5.60 Å². The number of phenols is 1. The van der Waals surface area contributed by atoms with E-state index < -0.39 is 5.60 Å². The van der Waals surface area contributed by atoms with Crippen LogP contribution in [0.3, 0.4) is 0 Å². The van der Waals surface area contributed by atoms with Crippen LogP contribution in [-0.2, 0) is 11.2 Å². The van der Waals surface area contributed by atoms with Gasteiger partial charge in [-0.3, -0.25) is 10.2 Å². The van der Waals surface area contributed by atoms with Crippen LogP contribution in [0.15, 0.2) is 41.8 Å². The molecule has 1 fully saturated rings. The fraction of sp³-hybridized carbons (Fsp3) is 0.379. The lowest BCUT2D eigenvalue weighted by atomic mass is 9.86. The van der Waals surface area contributed by atoms with Crippen LogP contribution in [0.25, 0.3) is 0 Å². The van der Waals surface area contributed by atoms with Gasteiger partial charge < -0.3 is 24.8 Å². The molecule has 0 spiro atoms. The summed E-state index contributed by atoms with van der Waals surface area (Å²) in [5.74, 6) is 2.15. The molecule has 2 atom stereocenters. The van der Waals surface area contributed by atoms with E-state index in [0.29, 0.717) is 37.5 Å². The first-order valence-corrected chi connectivity index (χ1v) is 13.5. The molecule has 3 aromatic rings. The van der Waals surface area contributed by atoms with Gasteiger partial charge in [-0.2, -0.15) is 0 Å². The molecule has 7 nitrogen and oxygen atoms in total. The SMILES string of the molecule is Cc1c(C)c2c(c(C)c1O)CCC(C)(C(=O)N1CC[C@H](Oc3ccc(NC(=N)c4cccs4)cc3)C1)O2. The Morgan fingerprint density at radius 2 is 1.95 bits per heavy atom. The summed E-state index contributed by atoms with van der Waals surface area (Å²) in [6, 6.07) is 11.4. The van der Waals surface area contributed by atoms with Gasteiger partial charge in [-0.25, -0.2) is 0 Å². The number of carbonyl (C=O) groups is 1. The first-order valence-electron chi connectivity index (χ1n) is 12.6. The molecule has 5 rings (SSSR count). The Hall–Kier alpha value is -3.52. The number of phenolic OH excluding ortho intramolecular Hbond substituents is 1. The van der Waals surface area contributed by atoms with Crippen LogP contribution < -0.4 is 14.8 Å². The highest BCUT2D eigenvalue weighted by atomic mass is 32.1. The van der Waals surface area contributed by atoms with Gasteiger partial charge in [-0.15, -0.1) is 11.3 Å². The third-order valence-electron chi connectivity index (χ3n) is 7.60. The van der Waals surface area contributed by atoms with Crippen molar-refractivity contribution in [1.82, 2.24) is 4.90 Å². The van der Waals surface area contributed by atoms with E-state index in [1.807, 2.05) is 74.4 Å². The second-order valence-corrected chi connectivity index (χ2v) is 11.1. The van der Waals surface area contributed by atoms with Gasteiger partial charge in [0, 0.05) is 30.6 Å². The first kappa shape index (κ1) is 25.1. The van der Waals surface area contributed by atoms with Gasteiger partial charge in [0.2, 0.25) is 0 Å². The molecule has 3 N–H and O–H groups in total. The summed E-state index contributed by atoms with van der Waals surface area (Å²) < 4.78 is 12.6. The zero-order valence-electron chi connectivity index (χ0n) is 21.7. The van der Waals surface area contributed by atoms with Crippen LogP contribution in [0.1, 0.15) is 46.9 Å². The number of thiophene rings is 1. The number of hydrogen-bond donors (Lipinski definition) is 3. The first-order chi connectivity index (χ1) is 17.7. The van der Waals surface area contributed by atoms with E-state index in [2.05, 4.69) is 5.32 Å². The minimum absolute atomic E-state index is 0.0151. The molecule has 0 saturated carbocycles. The van der Waals surface area contributed by atoms with E-state index in [-0.39, 0.29) is 12.0 Å². The van der Waals surface area contributed by atoms with Crippen molar-refractivity contribution in [3.63, 3.8) is 0 Å². The lowest BCUT2D eigenvalue weighted by Gasteiger charge is -2.38. The number of likely N-dealkylation sites (tertiary alicyclic amines) is 1. The molecule has 2 aliphatic heterocycles. The minimum Gasteiger partial charge on any atom is -0.507 e. The van der Waals surface area contributed by atoms with Crippen molar-refractivity contribution in [1.29, 1.82) is 5.41 Å². The van der Waals surface area contributed by atoms with Crippen LogP contribution in [0, 0.1) is 26.2 Å². The van der Waals surface area contributed by atoms with Gasteiger partial charge in [-0.1, -0.05) is 6.07 Å². The Bertz CT molecular complexity index is 1340. The van der Waals surface area contributed by atoms with Gasteiger partial charge in [0.25, 0.3) is 5.91 Å². The normalized spacial score (nSPS) is 20.8. The molecule has 1 saturated heterocycles. The number of fused-ring (bicyclic) bond motifs is 1. The smallest absolute Gasteiger partial charge is 0.266 e. The summed E-state index contributed by atoms with van der Waals surface area (Å²) in [6.45, 7) is 8.75. The number of nitrogens with zero attached hydrogens (tertiary/aromatic N) is 1. The minimum atomic E-state index is -0.942. The molecule has 1 aromatic heterocycles. The maximum Gasteiger partial charge on any atom is 0.266 e. The predicted octanol–water partition coefficient (Wildman–Crippen LogP) is 5.58. The van der Waals surface area contributed by atoms with Crippen LogP contribution in [-0.4, -0.2) is 46.5 Å². The van der Waals surface area contributed by atoms with Gasteiger partial charge in [0.05, 0.1) is 11.4 Å². The molecular weight excluding hydrogens is 486 g/mol. The van der Waals surface area contributed by atoms with Crippen molar-refractivity contribution in [2.45, 2.75) is 58.7 Å². The molecular formula is C29H33N3O4S. The zero-order valence-corrected chi connectivity index (χ0v) is 22.5. The van der Waals surface area contributed by atoms with E-state index >= 15 is 0 Å². The van der Waals surface area contributed by atoms with Crippen molar-refractivity contribution in [2.75, 3.05) is 18.4 Å². The Morgan fingerprint density at radius 1 is 1.19 bits per heavy atom. The van der Waals surface area contributed by atoms with Crippen molar-refractivity contribution in [2.24, 2.45) is 0 Å². The largest absolute Gasteiger partial charge is 0.507 e. The van der Waals surface area contributed by atoms with Gasteiger partial charge in [0.1, 0.15) is 29.2 Å². The topological polar surface area (TPSA) is 94.9 Å². The van der Waals surface area contributed by atoms with Crippen molar-refractivity contribution >= 4 is 28.8 Å². The molecule has 1 unspecified atom stereocenters. The molecule has 1 amide bonds. The number of ether oxygens (including phenoxy) is 2. The summed E-state index contributed by atoms with van der Waals surface area (Å²) in [7, 11) is 0. The average Bonchev–Trinajstić information content (AvgIpc) is 3.60. The third kappa shape index (κ3) is 4.78. The van der Waals surface area contributed by atoms with E-state index in [1.54, 1.807) is 0 Å². The van der Waals surface area contributed by atoms with Crippen LogP contribution in [0.5, 0.6) is 17.2 Å². The Labute approximate surface area is 221 Å². The number of nitrogens with one attached hydrogen (secondary N) is 2. The molecule has 2 aromatic carbocycles. The summed E-state index contributed by atoms with van der Waals surface area (Å²) in [5.41, 5.74) is 3.41. The quantitative estimate of drug-likeness (QED) is 0.302. The number of hydrogen-bond acceptors (Lipinski definition) is 6. The Balaban J connectivity index is 1.20. The van der Waals surface area contributed by atoms with Crippen molar-refractivity contribution in [3.8, 4) is 17.2 Å². The maximum absolute atomic E-state index is 13.6. The fourth-order valence-corrected chi connectivity index (χ4v) is 5.81. The van der Waals surface area contributed by atoms with E-state index in [4.69, 9.17) is 14.9 Å². The molecule has 194 valence electrons. The highest BCUT2D eigenvalue weighted by Crippen LogP contribution is 2.44. The molecule has 2 aliphatic rings. The highest BCUT2D eigenvalue weighted by Gasteiger charge is 2.45. The molecule has 0 radical (unpaired) electrons. The Kier molecular flexibility index (Phi) is 6.62. The van der Waals surface area contributed by atoms with Crippen LogP contribution in [0.4, 0.5) is 5.69 Å². The van der Waals surface area contributed by atoms with Gasteiger partial charge in [-0.05, 0) is 86.5 Å². The van der Waals surface area contributed by atoms with Gasteiger partial charge >= 0.3 is 0 Å². The fourth-order valence-electron chi connectivity index (χ4n) is 5.18. The number of rotatable bonds is 5. The van der Waals surface area contributed by atoms with Crippen molar-refractivity contribution < 1.29 is 19.4 Å². The molecule has 8 heteroatoms. The highest BCUT2D eigenvalue weighted by molar-refractivity contribution is 7.12. The standard InChI is InChI=1S/C29H33N3O4S/c1-17-18(2)26-23(19(3)25(17)33)11-13-29(4,36-26)28(34)32-14-12-22(16-32)35-21-9-7-20(8-10-21)31-27(30)24-6-5-15-37-24/h5-10,15,22,33H,11-14,16H2,1-4H3,(H2,30,31)/t22-,29?/m0/s1. The number of amidine groups is 1. The second kappa shape index (κ2) is 9.74. The summed E-state index contributed by atoms with van der Waals surface area (Å²) >= 11 is 1.52. The molecule has 0 aliphatic carbocycles. The number of benzene rings is 2. The van der Waals surface area contributed by atoms with E-state index in [9.17, 15) is 9.90 Å². The number of amides is 1. The lowest BCUT2D eigenvalue weighted by molar-refractivity contribution is -0.147. The summed E-state index contributed by atoms with van der Waals surface area (Å²) in [4.78, 5) is 16.3. The third-order valence-corrected chi connectivity index (χ3v) is 8.49. The zero-order chi connectivity index (χ0) is 26.3. The predicted molar refractivity (Wildman–Crippen MR) is 146 cm³/mol. The number of anilines is 1. The number of carbonyl (C=O) groups excluding carboxylic acids is 1. The number of aromatic hydroxyl groups is 1. The molecule has 3 heterocycles. The monoisotopic (exact) mass is 519 g/mol. The second-order valence-electron chi connectivity index (χ2n) is 10.1. The summed E-state index contributed by atoms with van der Waals surface area (Å²) in [6.07, 6.45) is 1.93. The Morgan fingerprint density at radius 3 is 2.65 bits per heavy atom. The maximum atomic E-state index is 13.6. The van der Waals surface area contributed by atoms with Crippen molar-refractivity contribution in [3.05, 3.63) is 68.9 Å². The van der Waals surface area contributed by atoms with E-state index in [0.717, 1.165) is 50.7 Å². The van der Waals surface area contributed by atoms with Crippen LogP contribution in [0.2, 0.25) is 0 Å². The average molecular weight is 520 g/mol. The lowest BCUT2D eigenvalue weighted by Crippen LogP contribution is -2.52.